The second-order valence-electron chi connectivity index (χ2n) is 7.27. The minimum absolute atomic E-state index is 0.107. The van der Waals surface area contributed by atoms with E-state index in [0.717, 1.165) is 29.6 Å². The van der Waals surface area contributed by atoms with Crippen LogP contribution in [-0.4, -0.2) is 55.5 Å². The first-order chi connectivity index (χ1) is 15.8. The van der Waals surface area contributed by atoms with Crippen LogP contribution >= 0.6 is 23.5 Å². The van der Waals surface area contributed by atoms with Crippen LogP contribution in [-0.2, 0) is 19.1 Å². The number of nitro groups is 2. The molecule has 0 spiro atoms. The van der Waals surface area contributed by atoms with E-state index in [1.165, 1.54) is 13.8 Å². The van der Waals surface area contributed by atoms with Crippen molar-refractivity contribution in [3.63, 3.8) is 0 Å². The lowest BCUT2D eigenvalue weighted by atomic mass is 10.1. The number of nitro benzene ring substituents is 2. The molecule has 0 bridgehead atoms. The van der Waals surface area contributed by atoms with E-state index in [9.17, 15) is 34.6 Å². The highest BCUT2D eigenvalue weighted by atomic mass is 32.2. The van der Waals surface area contributed by atoms with Gasteiger partial charge in [0.1, 0.15) is 5.56 Å². The van der Waals surface area contributed by atoms with Gasteiger partial charge in [0, 0.05) is 16.6 Å². The zero-order valence-corrected chi connectivity index (χ0v) is 21.2. The summed E-state index contributed by atoms with van der Waals surface area (Å²) in [5.74, 6) is -2.15. The number of hydrogen-bond acceptors (Lipinski definition) is 12. The summed E-state index contributed by atoms with van der Waals surface area (Å²) in [4.78, 5) is 58.2. The standard InChI is InChI=1S/C20H27N3O9S2/c1-7-31-18(25)20(34-12(5)6,19(26)32-8-2)21-14-9-13(22(27)28)10-15(23(29)30)16(14)17(24)33-11(3)4/h9-12,21H,7-8H2,1-6H3. The maximum atomic E-state index is 13.1. The molecule has 1 rings (SSSR count). The summed E-state index contributed by atoms with van der Waals surface area (Å²) < 4.78 is 10.2. The summed E-state index contributed by atoms with van der Waals surface area (Å²) in [5, 5.41) is 24.4. The molecule has 0 amide bonds. The summed E-state index contributed by atoms with van der Waals surface area (Å²) >= 11 is 1.54. The third-order valence-electron chi connectivity index (χ3n) is 3.91. The van der Waals surface area contributed by atoms with Crippen molar-refractivity contribution in [3.8, 4) is 0 Å². The van der Waals surface area contributed by atoms with Crippen LogP contribution in [0.5, 0.6) is 0 Å². The van der Waals surface area contributed by atoms with Gasteiger partial charge in [-0.3, -0.25) is 25.0 Å². The molecule has 1 N–H and O–H groups in total. The van der Waals surface area contributed by atoms with Crippen LogP contribution in [0.3, 0.4) is 0 Å². The third kappa shape index (κ3) is 7.06. The van der Waals surface area contributed by atoms with Crippen molar-refractivity contribution in [2.24, 2.45) is 0 Å². The molecule has 0 aromatic heterocycles. The molecule has 14 heteroatoms. The molecule has 0 aliphatic rings. The van der Waals surface area contributed by atoms with E-state index in [1.807, 2.05) is 0 Å². The van der Waals surface area contributed by atoms with Gasteiger partial charge in [-0.15, -0.1) is 11.8 Å². The van der Waals surface area contributed by atoms with Gasteiger partial charge in [0.05, 0.1) is 34.8 Å². The molecule has 34 heavy (non-hydrogen) atoms. The molecule has 0 saturated heterocycles. The van der Waals surface area contributed by atoms with Crippen molar-refractivity contribution >= 4 is 57.6 Å². The van der Waals surface area contributed by atoms with Gasteiger partial charge in [0.15, 0.2) is 0 Å². The van der Waals surface area contributed by atoms with Gasteiger partial charge in [-0.2, -0.15) is 0 Å². The van der Waals surface area contributed by atoms with E-state index in [2.05, 4.69) is 5.32 Å². The fourth-order valence-corrected chi connectivity index (χ4v) is 4.71. The lowest BCUT2D eigenvalue weighted by Crippen LogP contribution is -2.53. The molecule has 0 aliphatic carbocycles. The maximum absolute atomic E-state index is 13.1. The summed E-state index contributed by atoms with van der Waals surface area (Å²) in [5.41, 5.74) is -2.51. The predicted octanol–water partition coefficient (Wildman–Crippen LogP) is 4.16. The molecular weight excluding hydrogens is 490 g/mol. The van der Waals surface area contributed by atoms with Crippen LogP contribution in [0.4, 0.5) is 17.1 Å². The minimum atomic E-state index is -2.29. The molecule has 0 aliphatic heterocycles. The van der Waals surface area contributed by atoms with Crippen molar-refractivity contribution < 1.29 is 33.7 Å². The van der Waals surface area contributed by atoms with Crippen molar-refractivity contribution in [2.45, 2.75) is 56.9 Å². The zero-order chi connectivity index (χ0) is 26.2. The number of carbonyl (C=O) groups is 3. The summed E-state index contributed by atoms with van der Waals surface area (Å²) in [6, 6.07) is 1.53. The van der Waals surface area contributed by atoms with E-state index >= 15 is 0 Å². The number of nitrogens with one attached hydrogen (secondary N) is 1. The number of rotatable bonds is 12. The van der Waals surface area contributed by atoms with E-state index in [1.54, 1.807) is 27.7 Å². The number of hydrogen-bond donors (Lipinski definition) is 1. The Morgan fingerprint density at radius 3 is 1.88 bits per heavy atom. The van der Waals surface area contributed by atoms with Crippen LogP contribution in [0.2, 0.25) is 0 Å². The van der Waals surface area contributed by atoms with E-state index in [-0.39, 0.29) is 23.7 Å². The molecule has 0 fully saturated rings. The van der Waals surface area contributed by atoms with Gasteiger partial charge in [-0.25, -0.2) is 9.59 Å². The molecule has 0 radical (unpaired) electrons. The molecule has 1 aromatic carbocycles. The number of anilines is 1. The van der Waals surface area contributed by atoms with Crippen LogP contribution < -0.4 is 5.32 Å². The highest BCUT2D eigenvalue weighted by Gasteiger charge is 2.52. The van der Waals surface area contributed by atoms with Crippen LogP contribution in [0.15, 0.2) is 12.1 Å². The Bertz CT molecular complexity index is 949. The molecule has 12 nitrogen and oxygen atoms in total. The highest BCUT2D eigenvalue weighted by molar-refractivity contribution is 8.14. The first-order valence-electron chi connectivity index (χ1n) is 10.3. The smallest absolute Gasteiger partial charge is 0.354 e. The van der Waals surface area contributed by atoms with Gasteiger partial charge in [-0.1, -0.05) is 39.5 Å². The predicted molar refractivity (Wildman–Crippen MR) is 129 cm³/mol. The number of esters is 2. The van der Waals surface area contributed by atoms with Gasteiger partial charge in [0.2, 0.25) is 5.12 Å². The average molecular weight is 518 g/mol. The molecule has 0 heterocycles. The first-order valence-corrected chi connectivity index (χ1v) is 12.0. The summed E-state index contributed by atoms with van der Waals surface area (Å²) in [6.07, 6.45) is 0. The quantitative estimate of drug-likeness (QED) is 0.138. The largest absolute Gasteiger partial charge is 0.463 e. The molecule has 0 saturated carbocycles. The lowest BCUT2D eigenvalue weighted by Gasteiger charge is -2.32. The second-order valence-corrected chi connectivity index (χ2v) is 10.6. The van der Waals surface area contributed by atoms with Gasteiger partial charge >= 0.3 is 11.9 Å². The second kappa shape index (κ2) is 12.6. The summed E-state index contributed by atoms with van der Waals surface area (Å²) in [7, 11) is 0. The van der Waals surface area contributed by atoms with Crippen molar-refractivity contribution in [1.82, 2.24) is 0 Å². The van der Waals surface area contributed by atoms with Gasteiger partial charge < -0.3 is 14.8 Å². The minimum Gasteiger partial charge on any atom is -0.463 e. The van der Waals surface area contributed by atoms with Crippen LogP contribution in [0.25, 0.3) is 0 Å². The number of carbonyl (C=O) groups excluding carboxylic acids is 3. The number of non-ortho nitro benzene ring substituents is 1. The fourth-order valence-electron chi connectivity index (χ4n) is 2.77. The van der Waals surface area contributed by atoms with E-state index in [0.29, 0.717) is 6.07 Å². The molecule has 0 atom stereocenters. The number of benzene rings is 1. The SMILES string of the molecule is CCOC(=O)C(Nc1cc([N+](=O)[O-])cc([N+](=O)[O-])c1C(=O)SC(C)C)(SC(C)C)C(=O)OCC. The Balaban J connectivity index is 3.99. The molecule has 1 aromatic rings. The van der Waals surface area contributed by atoms with Gasteiger partial charge in [-0.05, 0) is 13.8 Å². The van der Waals surface area contributed by atoms with E-state index in [4.69, 9.17) is 9.47 Å². The van der Waals surface area contributed by atoms with E-state index < -0.39 is 54.4 Å². The molecule has 188 valence electrons. The molecule has 0 unspecified atom stereocenters. The third-order valence-corrected chi connectivity index (χ3v) is 6.06. The topological polar surface area (TPSA) is 168 Å². The Morgan fingerprint density at radius 2 is 1.50 bits per heavy atom. The van der Waals surface area contributed by atoms with Crippen LogP contribution in [0, 0.1) is 20.2 Å². The average Bonchev–Trinajstić information content (AvgIpc) is 2.71. The number of ether oxygens (including phenoxy) is 2. The Morgan fingerprint density at radius 1 is 0.971 bits per heavy atom. The van der Waals surface area contributed by atoms with Crippen molar-refractivity contribution in [1.29, 1.82) is 0 Å². The van der Waals surface area contributed by atoms with Crippen molar-refractivity contribution in [3.05, 3.63) is 37.9 Å². The molecular formula is C20H27N3O9S2. The fraction of sp³-hybridized carbons (Fsp3) is 0.550. The summed E-state index contributed by atoms with van der Waals surface area (Å²) in [6.45, 7) is 9.54. The Hall–Kier alpha value is -2.87. The van der Waals surface area contributed by atoms with Crippen molar-refractivity contribution in [2.75, 3.05) is 18.5 Å². The Kier molecular flexibility index (Phi) is 10.8. The number of thioether (sulfide) groups is 2. The lowest BCUT2D eigenvalue weighted by molar-refractivity contribution is -0.394. The normalized spacial score (nSPS) is 11.3. The first kappa shape index (κ1) is 29.2. The zero-order valence-electron chi connectivity index (χ0n) is 19.6. The maximum Gasteiger partial charge on any atom is 0.354 e. The number of nitrogens with zero attached hydrogens (tertiary/aromatic N) is 2. The van der Waals surface area contributed by atoms with Crippen LogP contribution in [0.1, 0.15) is 51.9 Å². The Labute approximate surface area is 204 Å². The van der Waals surface area contributed by atoms with Gasteiger partial charge in [0.25, 0.3) is 16.2 Å². The highest BCUT2D eigenvalue weighted by Crippen LogP contribution is 2.40. The monoisotopic (exact) mass is 517 g/mol.